The Bertz CT molecular complexity index is 2520. The number of alkyl halides is 2. The molecule has 3 aliphatic heterocycles. The number of nitrogens with zero attached hydrogens (tertiary/aromatic N) is 4. The zero-order valence-electron chi connectivity index (χ0n) is 35.1. The van der Waals surface area contributed by atoms with Crippen LogP contribution in [0.15, 0.2) is 78.9 Å². The number of thioether (sulfide) groups is 1. The van der Waals surface area contributed by atoms with Crippen molar-refractivity contribution >= 4 is 69.3 Å². The normalized spacial score (nSPS) is 22.6. The van der Waals surface area contributed by atoms with Crippen LogP contribution in [0.2, 0.25) is 0 Å². The minimum atomic E-state index is -5.40. The molecule has 1 unspecified atom stereocenters. The highest BCUT2D eigenvalue weighted by Crippen LogP contribution is 2.66. The summed E-state index contributed by atoms with van der Waals surface area (Å²) in [6.45, 7) is 20.4. The van der Waals surface area contributed by atoms with Gasteiger partial charge in [0.2, 0.25) is 17.9 Å². The maximum absolute atomic E-state index is 16.6. The number of nitrogens with one attached hydrogen (secondary N) is 1. The number of carbonyl (C=O) groups is 4. The van der Waals surface area contributed by atoms with Gasteiger partial charge in [-0.2, -0.15) is 8.78 Å². The average molecular weight is 916 g/mol. The highest BCUT2D eigenvalue weighted by Gasteiger charge is 2.57. The highest BCUT2D eigenvalue weighted by molar-refractivity contribution is 8.13. The molecular weight excluding hydrogens is 868 g/mol. The fourth-order valence-corrected chi connectivity index (χ4v) is 11.8. The topological polar surface area (TPSA) is 131 Å². The van der Waals surface area contributed by atoms with E-state index in [0.29, 0.717) is 36.9 Å². The molecule has 63 heavy (non-hydrogen) atoms. The molecule has 3 saturated heterocycles. The fourth-order valence-electron chi connectivity index (χ4n) is 8.40. The van der Waals surface area contributed by atoms with Crippen LogP contribution in [0.1, 0.15) is 86.0 Å². The summed E-state index contributed by atoms with van der Waals surface area (Å²) in [4.78, 5) is 65.5. The molecule has 0 radical (unpaired) electrons. The molecule has 330 valence electrons. The molecule has 12 nitrogen and oxygen atoms in total. The van der Waals surface area contributed by atoms with E-state index in [2.05, 4.69) is 15.0 Å². The van der Waals surface area contributed by atoms with Crippen LogP contribution in [0.5, 0.6) is 5.75 Å². The van der Waals surface area contributed by atoms with Crippen molar-refractivity contribution in [2.45, 2.75) is 95.0 Å². The SMILES string of the molecule is [C-]#[N+]c1cccc(OP(=O)(OCCSC(=O)C(C)(C)C)C(F)(F)c2ccc3sc(C(=O)N[C@H]4CCCC[C@H]5CC[C@@H](C(=O)N6C[C@H]([N+]#[C-])[C@@H](c7ccccc7)C6)N5C4=O)cc3c2)c1. The van der Waals surface area contributed by atoms with E-state index in [1.165, 1.54) is 36.4 Å². The lowest BCUT2D eigenvalue weighted by molar-refractivity contribution is -0.146. The first-order chi connectivity index (χ1) is 30.0. The number of fused-ring (bicyclic) bond motifs is 2. The summed E-state index contributed by atoms with van der Waals surface area (Å²) in [5, 5.41) is 2.94. The number of carbonyl (C=O) groups excluding carboxylic acids is 4. The summed E-state index contributed by atoms with van der Waals surface area (Å²) in [5.74, 6) is -1.57. The van der Waals surface area contributed by atoms with Crippen molar-refractivity contribution in [1.29, 1.82) is 0 Å². The molecule has 7 rings (SSSR count). The Kier molecular flexibility index (Phi) is 13.8. The lowest BCUT2D eigenvalue weighted by Gasteiger charge is -2.36. The Labute approximate surface area is 373 Å². The summed E-state index contributed by atoms with van der Waals surface area (Å²) in [7, 11) is -5.40. The van der Waals surface area contributed by atoms with Crippen LogP contribution in [-0.4, -0.2) is 82.3 Å². The zero-order valence-corrected chi connectivity index (χ0v) is 37.7. The third-order valence-electron chi connectivity index (χ3n) is 11.7. The van der Waals surface area contributed by atoms with Crippen molar-refractivity contribution in [2.75, 3.05) is 25.4 Å². The minimum absolute atomic E-state index is 0.0696. The average Bonchev–Trinajstić information content (AvgIpc) is 4.02. The molecule has 3 amide bonds. The number of likely N-dealkylation sites (tertiary alicyclic amines) is 1. The third-order valence-corrected chi connectivity index (χ3v) is 16.0. The summed E-state index contributed by atoms with van der Waals surface area (Å²) in [5.41, 5.74) is -4.56. The maximum Gasteiger partial charge on any atom is 0.453 e. The molecule has 4 heterocycles. The fraction of sp³-hybridized carbons (Fsp3) is 0.435. The van der Waals surface area contributed by atoms with Crippen molar-refractivity contribution in [3.8, 4) is 5.75 Å². The third kappa shape index (κ3) is 9.85. The van der Waals surface area contributed by atoms with E-state index in [4.69, 9.17) is 22.2 Å². The molecule has 3 aliphatic rings. The van der Waals surface area contributed by atoms with E-state index < -0.39 is 54.9 Å². The smallest absolute Gasteiger partial charge is 0.422 e. The summed E-state index contributed by atoms with van der Waals surface area (Å²) in [6, 6.07) is 17.8. The van der Waals surface area contributed by atoms with Crippen molar-refractivity contribution < 1.29 is 41.6 Å². The van der Waals surface area contributed by atoms with Crippen molar-refractivity contribution in [2.24, 2.45) is 5.41 Å². The molecule has 6 atom stereocenters. The van der Waals surface area contributed by atoms with Gasteiger partial charge < -0.3 is 24.5 Å². The monoisotopic (exact) mass is 915 g/mol. The quantitative estimate of drug-likeness (QED) is 0.0845. The standard InChI is InChI=1S/C46H48F2N5O7PS2/c1-45(2,3)44(57)62-23-22-59-61(58,60-34-16-11-14-32(26-34)49-4)46(47,48)31-18-21-39-30(24-31)25-40(63-39)41(54)51-36-17-10-9-15-33-19-20-38(53(33)42(36)55)43(56)52-27-35(37(28-52)50-5)29-12-7-6-8-13-29/h6-8,11-14,16,18,21,24-26,33,35-38H,9-10,15,17,19-20,22-23,27-28H2,1-3H3,(H,51,54)/t33-,35+,36-,37-,38-,61?/m0/s1. The van der Waals surface area contributed by atoms with E-state index in [0.717, 1.165) is 53.6 Å². The molecule has 4 aromatic rings. The Morgan fingerprint density at radius 2 is 1.71 bits per heavy atom. The molecular formula is C46H48F2N5O7PS2. The first kappa shape index (κ1) is 45.9. The summed E-state index contributed by atoms with van der Waals surface area (Å²) < 4.78 is 58.7. The van der Waals surface area contributed by atoms with Crippen LogP contribution >= 0.6 is 30.7 Å². The van der Waals surface area contributed by atoms with Crippen LogP contribution in [0.3, 0.4) is 0 Å². The van der Waals surface area contributed by atoms with Gasteiger partial charge in [0, 0.05) is 34.0 Å². The van der Waals surface area contributed by atoms with Crippen molar-refractivity contribution in [3.63, 3.8) is 0 Å². The first-order valence-electron chi connectivity index (χ1n) is 20.9. The van der Waals surface area contributed by atoms with Crippen LogP contribution in [-0.2, 0) is 29.1 Å². The zero-order chi connectivity index (χ0) is 45.1. The predicted molar refractivity (Wildman–Crippen MR) is 239 cm³/mol. The number of halogens is 2. The minimum Gasteiger partial charge on any atom is -0.422 e. The van der Waals surface area contributed by atoms with Gasteiger partial charge in [-0.05, 0) is 67.0 Å². The van der Waals surface area contributed by atoms with Crippen LogP contribution in [0, 0.1) is 18.6 Å². The number of hydrogen-bond donors (Lipinski definition) is 1. The van der Waals surface area contributed by atoms with E-state index in [1.54, 1.807) is 30.6 Å². The summed E-state index contributed by atoms with van der Waals surface area (Å²) >= 11 is 1.91. The number of amides is 3. The largest absolute Gasteiger partial charge is 0.453 e. The van der Waals surface area contributed by atoms with Gasteiger partial charge in [0.15, 0.2) is 10.8 Å². The van der Waals surface area contributed by atoms with Gasteiger partial charge in [0.05, 0.1) is 30.5 Å². The van der Waals surface area contributed by atoms with Gasteiger partial charge in [0.1, 0.15) is 17.8 Å². The lowest BCUT2D eigenvalue weighted by atomic mass is 9.95. The van der Waals surface area contributed by atoms with Gasteiger partial charge in [-0.1, -0.05) is 93.9 Å². The van der Waals surface area contributed by atoms with E-state index >= 15 is 8.78 Å². The Morgan fingerprint density at radius 1 is 0.952 bits per heavy atom. The molecule has 0 bridgehead atoms. The number of hydrogen-bond acceptors (Lipinski definition) is 9. The van der Waals surface area contributed by atoms with E-state index in [9.17, 15) is 23.7 Å². The lowest BCUT2D eigenvalue weighted by Crippen LogP contribution is -2.56. The van der Waals surface area contributed by atoms with Crippen molar-refractivity contribution in [3.05, 3.63) is 118 Å². The second-order valence-electron chi connectivity index (χ2n) is 17.1. The van der Waals surface area contributed by atoms with Gasteiger partial charge in [0.25, 0.3) is 5.91 Å². The number of rotatable bonds is 12. The molecule has 0 aliphatic carbocycles. The molecule has 1 N–H and O–H groups in total. The second-order valence-corrected chi connectivity index (χ2v) is 21.2. The van der Waals surface area contributed by atoms with Crippen LogP contribution < -0.4 is 9.84 Å². The van der Waals surface area contributed by atoms with Gasteiger partial charge in [-0.3, -0.25) is 23.7 Å². The number of thiophene rings is 1. The van der Waals surface area contributed by atoms with E-state index in [1.807, 2.05) is 30.3 Å². The maximum atomic E-state index is 16.6. The number of benzene rings is 3. The molecule has 3 aromatic carbocycles. The second kappa shape index (κ2) is 18.9. The van der Waals surface area contributed by atoms with E-state index in [-0.39, 0.29) is 62.9 Å². The van der Waals surface area contributed by atoms with Gasteiger partial charge in [-0.15, -0.1) is 11.3 Å². The summed E-state index contributed by atoms with van der Waals surface area (Å²) in [6.07, 6.45) is 3.72. The Balaban J connectivity index is 1.08. The highest BCUT2D eigenvalue weighted by atomic mass is 32.2. The van der Waals surface area contributed by atoms with Crippen LogP contribution in [0.25, 0.3) is 19.8 Å². The van der Waals surface area contributed by atoms with Crippen molar-refractivity contribution in [1.82, 2.24) is 15.1 Å². The Hall–Kier alpha value is -5.12. The molecule has 0 spiro atoms. The predicted octanol–water partition coefficient (Wildman–Crippen LogP) is 10.0. The van der Waals surface area contributed by atoms with Crippen LogP contribution in [0.4, 0.5) is 14.5 Å². The Morgan fingerprint density at radius 3 is 2.44 bits per heavy atom. The molecule has 1 aromatic heterocycles. The first-order valence-corrected chi connectivity index (χ1v) is 24.2. The van der Waals surface area contributed by atoms with Gasteiger partial charge in [-0.25, -0.2) is 16.0 Å². The molecule has 17 heteroatoms. The van der Waals surface area contributed by atoms with Gasteiger partial charge >= 0.3 is 13.3 Å². The molecule has 0 saturated carbocycles. The molecule has 3 fully saturated rings.